The number of fused-ring (bicyclic) bond motifs is 2. The summed E-state index contributed by atoms with van der Waals surface area (Å²) in [6.45, 7) is 11.0. The maximum absolute atomic E-state index is 14.2. The zero-order valence-electron chi connectivity index (χ0n) is 22.5. The topological polar surface area (TPSA) is 95.4 Å². The van der Waals surface area contributed by atoms with E-state index in [2.05, 4.69) is 0 Å². The summed E-state index contributed by atoms with van der Waals surface area (Å²) in [6.07, 6.45) is -0.421. The van der Waals surface area contributed by atoms with Gasteiger partial charge < -0.3 is 29.3 Å². The molecule has 38 heavy (non-hydrogen) atoms. The van der Waals surface area contributed by atoms with Crippen LogP contribution in [0.4, 0.5) is 10.6 Å². The number of β-amino-alcohol motifs (C(OH)–C–C–N with tert-alkyl or cyclic N) is 1. The maximum atomic E-state index is 14.2. The van der Waals surface area contributed by atoms with Crippen LogP contribution < -0.4 is 9.64 Å². The highest BCUT2D eigenvalue weighted by Gasteiger charge is 2.45. The van der Waals surface area contributed by atoms with Crippen molar-refractivity contribution in [1.29, 1.82) is 0 Å². The van der Waals surface area contributed by atoms with E-state index in [9.17, 15) is 14.7 Å². The molecule has 4 heterocycles. The third-order valence-corrected chi connectivity index (χ3v) is 7.62. The second-order valence-corrected chi connectivity index (χ2v) is 12.2. The van der Waals surface area contributed by atoms with Gasteiger partial charge >= 0.3 is 6.09 Å². The van der Waals surface area contributed by atoms with Crippen molar-refractivity contribution in [3.05, 3.63) is 40.9 Å². The fraction of sp³-hybridized carbons (Fsp3) is 0.536. The average Bonchev–Trinajstić information content (AvgIpc) is 3.03. The number of halogens is 1. The lowest BCUT2D eigenvalue weighted by Crippen LogP contribution is -2.58. The molecule has 1 aromatic carbocycles. The number of carbonyl (C=O) groups is 2. The van der Waals surface area contributed by atoms with E-state index in [4.69, 9.17) is 26.1 Å². The first-order valence-corrected chi connectivity index (χ1v) is 13.4. The van der Waals surface area contributed by atoms with Crippen LogP contribution in [0, 0.1) is 0 Å². The first-order valence-electron chi connectivity index (χ1n) is 13.0. The molecule has 3 aliphatic heterocycles. The molecule has 1 aromatic heterocycles. The smallest absolute Gasteiger partial charge is 0.410 e. The Morgan fingerprint density at radius 3 is 2.53 bits per heavy atom. The van der Waals surface area contributed by atoms with Gasteiger partial charge in [-0.1, -0.05) is 41.9 Å². The Morgan fingerprint density at radius 1 is 1.18 bits per heavy atom. The summed E-state index contributed by atoms with van der Waals surface area (Å²) in [5.41, 5.74) is 0.554. The number of aliphatic hydroxyl groups is 1. The number of anilines is 1. The van der Waals surface area contributed by atoms with Gasteiger partial charge in [0.05, 0.1) is 17.8 Å². The van der Waals surface area contributed by atoms with Crippen LogP contribution in [0.5, 0.6) is 5.75 Å². The van der Waals surface area contributed by atoms with Gasteiger partial charge in [0, 0.05) is 37.3 Å². The van der Waals surface area contributed by atoms with E-state index >= 15 is 0 Å². The molecule has 204 valence electrons. The third-order valence-electron chi connectivity index (χ3n) is 7.27. The van der Waals surface area contributed by atoms with Gasteiger partial charge in [-0.25, -0.2) is 9.78 Å². The predicted octanol–water partition coefficient (Wildman–Crippen LogP) is 4.21. The number of piperazine rings is 1. The highest BCUT2D eigenvalue weighted by molar-refractivity contribution is 6.35. The number of aliphatic hydroxyl groups excluding tert-OH is 1. The van der Waals surface area contributed by atoms with Crippen LogP contribution in [0.2, 0.25) is 5.02 Å². The molecule has 1 N–H and O–H groups in total. The molecule has 0 bridgehead atoms. The number of aromatic nitrogens is 1. The normalized spacial score (nSPS) is 22.9. The number of amides is 2. The molecule has 3 aliphatic rings. The Kier molecular flexibility index (Phi) is 6.72. The standard InChI is InChI=1S/C28H35ClN4O5/c1-27(2,3)38-26(36)31-11-12-32-18(14-31)16-37-23-20(25(32)35)24(33-15-19(34)13-28(33,4)5)30-22(21(23)29)17-9-7-6-8-10-17/h6-10,18-19,34H,11-16H2,1-5H3/t18-,19?/m1/s1. The molecule has 2 saturated heterocycles. The van der Waals surface area contributed by atoms with Crippen molar-refractivity contribution >= 4 is 29.4 Å². The minimum Gasteiger partial charge on any atom is -0.489 e. The van der Waals surface area contributed by atoms with Crippen molar-refractivity contribution in [2.24, 2.45) is 0 Å². The summed E-state index contributed by atoms with van der Waals surface area (Å²) in [7, 11) is 0. The first kappa shape index (κ1) is 26.6. The largest absolute Gasteiger partial charge is 0.489 e. The maximum Gasteiger partial charge on any atom is 0.410 e. The number of rotatable bonds is 2. The van der Waals surface area contributed by atoms with E-state index < -0.39 is 23.3 Å². The van der Waals surface area contributed by atoms with Crippen molar-refractivity contribution in [3.8, 4) is 17.0 Å². The van der Waals surface area contributed by atoms with Crippen LogP contribution in [0.15, 0.2) is 30.3 Å². The summed E-state index contributed by atoms with van der Waals surface area (Å²) >= 11 is 6.92. The fourth-order valence-electron chi connectivity index (χ4n) is 5.50. The lowest BCUT2D eigenvalue weighted by Gasteiger charge is -2.40. The van der Waals surface area contributed by atoms with E-state index in [1.54, 1.807) is 9.80 Å². The Bertz CT molecular complexity index is 1250. The van der Waals surface area contributed by atoms with Gasteiger partial charge in [-0.05, 0) is 41.0 Å². The lowest BCUT2D eigenvalue weighted by molar-refractivity contribution is 0.000952. The quantitative estimate of drug-likeness (QED) is 0.607. The van der Waals surface area contributed by atoms with Crippen LogP contribution in [0.3, 0.4) is 0 Å². The van der Waals surface area contributed by atoms with E-state index in [1.165, 1.54) is 0 Å². The van der Waals surface area contributed by atoms with Gasteiger partial charge in [0.2, 0.25) is 0 Å². The van der Waals surface area contributed by atoms with Gasteiger partial charge in [0.15, 0.2) is 5.75 Å². The van der Waals surface area contributed by atoms with Crippen molar-refractivity contribution in [1.82, 2.24) is 14.8 Å². The minimum absolute atomic E-state index is 0.168. The van der Waals surface area contributed by atoms with Gasteiger partial charge in [-0.3, -0.25) is 4.79 Å². The molecule has 2 atom stereocenters. The number of nitrogens with zero attached hydrogens (tertiary/aromatic N) is 4. The first-order chi connectivity index (χ1) is 17.9. The van der Waals surface area contributed by atoms with Crippen molar-refractivity contribution in [2.75, 3.05) is 37.7 Å². The summed E-state index contributed by atoms with van der Waals surface area (Å²) in [5, 5.41) is 10.8. The molecule has 9 nitrogen and oxygen atoms in total. The highest BCUT2D eigenvalue weighted by Crippen LogP contribution is 2.46. The highest BCUT2D eigenvalue weighted by atomic mass is 35.5. The van der Waals surface area contributed by atoms with Crippen molar-refractivity contribution in [3.63, 3.8) is 0 Å². The molecule has 0 aliphatic carbocycles. The third kappa shape index (κ3) is 4.89. The number of ether oxygens (including phenoxy) is 2. The van der Waals surface area contributed by atoms with Crippen LogP contribution in [0.1, 0.15) is 51.4 Å². The number of carbonyl (C=O) groups excluding carboxylic acids is 2. The molecule has 0 spiro atoms. The molecule has 1 unspecified atom stereocenters. The van der Waals surface area contributed by atoms with E-state index in [-0.39, 0.29) is 35.9 Å². The van der Waals surface area contributed by atoms with Gasteiger partial charge in [-0.2, -0.15) is 0 Å². The Balaban J connectivity index is 1.57. The summed E-state index contributed by atoms with van der Waals surface area (Å²) in [5.74, 6) is 0.494. The number of pyridine rings is 1. The minimum atomic E-state index is -0.616. The number of hydrogen-bond donors (Lipinski definition) is 1. The Morgan fingerprint density at radius 2 is 1.89 bits per heavy atom. The molecule has 2 fully saturated rings. The van der Waals surface area contributed by atoms with Gasteiger partial charge in [0.25, 0.3) is 5.91 Å². The Labute approximate surface area is 228 Å². The molecule has 5 rings (SSSR count). The number of benzene rings is 1. The van der Waals surface area contributed by atoms with E-state index in [0.29, 0.717) is 43.1 Å². The molecule has 2 amide bonds. The van der Waals surface area contributed by atoms with E-state index in [1.807, 2.05) is 69.9 Å². The SMILES string of the molecule is CC(C)(C)OC(=O)N1CCN2C(=O)c3c(N4CC(O)CC4(C)C)nc(-c4ccccc4)c(Cl)c3OC[C@H]2C1. The van der Waals surface area contributed by atoms with Crippen LogP contribution in [-0.4, -0.2) is 88.0 Å². The fourth-order valence-corrected chi connectivity index (χ4v) is 5.80. The molecular formula is C28H35ClN4O5. The lowest BCUT2D eigenvalue weighted by atomic mass is 10.00. The Hall–Kier alpha value is -3.04. The van der Waals surface area contributed by atoms with Crippen molar-refractivity contribution < 1.29 is 24.2 Å². The van der Waals surface area contributed by atoms with Crippen LogP contribution >= 0.6 is 11.6 Å². The molecule has 2 aromatic rings. The van der Waals surface area contributed by atoms with Gasteiger partial charge in [-0.15, -0.1) is 0 Å². The molecule has 10 heteroatoms. The monoisotopic (exact) mass is 542 g/mol. The summed E-state index contributed by atoms with van der Waals surface area (Å²) in [6, 6.07) is 9.16. The van der Waals surface area contributed by atoms with Crippen molar-refractivity contribution in [2.45, 2.75) is 64.3 Å². The number of hydrogen-bond acceptors (Lipinski definition) is 7. The molecule has 0 radical (unpaired) electrons. The predicted molar refractivity (Wildman–Crippen MR) is 145 cm³/mol. The second kappa shape index (κ2) is 9.61. The second-order valence-electron chi connectivity index (χ2n) is 11.8. The summed E-state index contributed by atoms with van der Waals surface area (Å²) < 4.78 is 11.9. The van der Waals surface area contributed by atoms with Crippen LogP contribution in [-0.2, 0) is 4.74 Å². The molecular weight excluding hydrogens is 508 g/mol. The van der Waals surface area contributed by atoms with Gasteiger partial charge in [0.1, 0.15) is 28.6 Å². The molecule has 0 saturated carbocycles. The zero-order chi connectivity index (χ0) is 27.4. The summed E-state index contributed by atoms with van der Waals surface area (Å²) in [4.78, 5) is 37.2. The van der Waals surface area contributed by atoms with E-state index in [0.717, 1.165) is 5.56 Å². The average molecular weight is 543 g/mol. The van der Waals surface area contributed by atoms with Crippen LogP contribution in [0.25, 0.3) is 11.3 Å². The zero-order valence-corrected chi connectivity index (χ0v) is 23.3.